The van der Waals surface area contributed by atoms with Crippen molar-refractivity contribution in [2.24, 2.45) is 0 Å². The Morgan fingerprint density at radius 3 is 2.86 bits per heavy atom. The third-order valence-corrected chi connectivity index (χ3v) is 3.72. The van der Waals surface area contributed by atoms with E-state index in [-0.39, 0.29) is 11.8 Å². The fourth-order valence-corrected chi connectivity index (χ4v) is 2.46. The fourth-order valence-electron chi connectivity index (χ4n) is 2.46. The summed E-state index contributed by atoms with van der Waals surface area (Å²) in [7, 11) is 1.51. The molecule has 1 atom stereocenters. The highest BCUT2D eigenvalue weighted by Gasteiger charge is 2.23. The van der Waals surface area contributed by atoms with E-state index in [1.165, 1.54) is 7.11 Å². The number of fused-ring (bicyclic) bond motifs is 1. The van der Waals surface area contributed by atoms with Gasteiger partial charge in [0.15, 0.2) is 0 Å². The third-order valence-electron chi connectivity index (χ3n) is 3.72. The summed E-state index contributed by atoms with van der Waals surface area (Å²) >= 11 is 0. The van der Waals surface area contributed by atoms with E-state index in [0.717, 1.165) is 36.3 Å². The zero-order valence-electron chi connectivity index (χ0n) is 12.8. The Labute approximate surface area is 125 Å². The topological polar surface area (TPSA) is 58.6 Å². The quantitative estimate of drug-likeness (QED) is 0.905. The van der Waals surface area contributed by atoms with Gasteiger partial charge >= 0.3 is 0 Å². The zero-order valence-corrected chi connectivity index (χ0v) is 12.8. The van der Waals surface area contributed by atoms with Gasteiger partial charge in [-0.2, -0.15) is 0 Å². The van der Waals surface area contributed by atoms with Crippen LogP contribution in [0.15, 0.2) is 18.2 Å². The van der Waals surface area contributed by atoms with Crippen LogP contribution in [0.2, 0.25) is 0 Å². The van der Waals surface area contributed by atoms with Crippen molar-refractivity contribution in [1.82, 2.24) is 0 Å². The lowest BCUT2D eigenvalue weighted by Gasteiger charge is -2.29. The van der Waals surface area contributed by atoms with Crippen LogP contribution in [0.4, 0.5) is 11.4 Å². The van der Waals surface area contributed by atoms with Gasteiger partial charge in [0, 0.05) is 31.5 Å². The van der Waals surface area contributed by atoms with Gasteiger partial charge in [0.2, 0.25) is 5.91 Å². The highest BCUT2D eigenvalue weighted by Crippen LogP contribution is 2.30. The van der Waals surface area contributed by atoms with Crippen molar-refractivity contribution in [3.05, 3.63) is 23.8 Å². The molecule has 0 saturated carbocycles. The summed E-state index contributed by atoms with van der Waals surface area (Å²) < 4.78 is 4.99. The van der Waals surface area contributed by atoms with Crippen molar-refractivity contribution in [3.8, 4) is 0 Å². The molecule has 21 heavy (non-hydrogen) atoms. The molecule has 1 unspecified atom stereocenters. The number of rotatable bonds is 5. The normalized spacial score (nSPS) is 15.6. The van der Waals surface area contributed by atoms with Gasteiger partial charge in [0.1, 0.15) is 6.10 Å². The van der Waals surface area contributed by atoms with Gasteiger partial charge in [-0.05, 0) is 43.5 Å². The number of nitrogens with zero attached hydrogens (tertiary/aromatic N) is 1. The van der Waals surface area contributed by atoms with Gasteiger partial charge in [-0.3, -0.25) is 9.59 Å². The van der Waals surface area contributed by atoms with E-state index in [9.17, 15) is 9.59 Å². The Balaban J connectivity index is 2.19. The summed E-state index contributed by atoms with van der Waals surface area (Å²) in [6, 6.07) is 5.69. The van der Waals surface area contributed by atoms with Crippen LogP contribution in [-0.2, 0) is 20.7 Å². The predicted molar refractivity (Wildman–Crippen MR) is 82.5 cm³/mol. The van der Waals surface area contributed by atoms with Crippen LogP contribution < -0.4 is 10.2 Å². The lowest BCUT2D eigenvalue weighted by molar-refractivity contribution is -0.124. The van der Waals surface area contributed by atoms with E-state index in [0.29, 0.717) is 6.42 Å². The molecule has 1 heterocycles. The van der Waals surface area contributed by atoms with Crippen LogP contribution in [-0.4, -0.2) is 31.6 Å². The summed E-state index contributed by atoms with van der Waals surface area (Å²) in [4.78, 5) is 25.6. The first kappa shape index (κ1) is 15.5. The van der Waals surface area contributed by atoms with Crippen molar-refractivity contribution >= 4 is 23.2 Å². The molecule has 0 aromatic heterocycles. The second-order valence-corrected chi connectivity index (χ2v) is 5.26. The molecule has 0 spiro atoms. The maximum Gasteiger partial charge on any atom is 0.253 e. The molecular weight excluding hydrogens is 268 g/mol. The van der Waals surface area contributed by atoms with E-state index < -0.39 is 6.10 Å². The minimum absolute atomic E-state index is 0.172. The number of aryl methyl sites for hydroxylation is 1. The number of hydrogen-bond acceptors (Lipinski definition) is 3. The van der Waals surface area contributed by atoms with Crippen LogP contribution in [0.25, 0.3) is 0 Å². The number of nitrogens with one attached hydrogen (secondary N) is 1. The summed E-state index contributed by atoms with van der Waals surface area (Å²) in [6.45, 7) is 4.50. The van der Waals surface area contributed by atoms with Gasteiger partial charge < -0.3 is 15.0 Å². The Hall–Kier alpha value is -1.88. The fraction of sp³-hybridized carbons (Fsp3) is 0.500. The van der Waals surface area contributed by atoms with Crippen LogP contribution in [0.1, 0.15) is 32.3 Å². The molecule has 1 aliphatic heterocycles. The Morgan fingerprint density at radius 2 is 2.19 bits per heavy atom. The molecule has 0 aliphatic carbocycles. The molecular formula is C16H22N2O3. The molecule has 0 bridgehead atoms. The summed E-state index contributed by atoms with van der Waals surface area (Å²) in [6.07, 6.45) is 1.69. The smallest absolute Gasteiger partial charge is 0.253 e. The van der Waals surface area contributed by atoms with E-state index in [1.54, 1.807) is 6.92 Å². The number of benzene rings is 1. The number of carbonyl (C=O) groups is 2. The van der Waals surface area contributed by atoms with Crippen molar-refractivity contribution in [2.75, 3.05) is 23.9 Å². The molecule has 5 nitrogen and oxygen atoms in total. The second kappa shape index (κ2) is 6.72. The maximum atomic E-state index is 12.0. The molecule has 0 radical (unpaired) electrons. The first-order valence-corrected chi connectivity index (χ1v) is 7.33. The molecule has 114 valence electrons. The summed E-state index contributed by atoms with van der Waals surface area (Å²) in [5, 5.41) is 2.83. The molecule has 0 saturated heterocycles. The van der Waals surface area contributed by atoms with Gasteiger partial charge in [-0.25, -0.2) is 0 Å². The highest BCUT2D eigenvalue weighted by atomic mass is 16.5. The predicted octanol–water partition coefficient (Wildman–Crippen LogP) is 2.35. The molecule has 1 aliphatic rings. The van der Waals surface area contributed by atoms with Crippen molar-refractivity contribution in [2.45, 2.75) is 39.2 Å². The first-order chi connectivity index (χ1) is 10.1. The van der Waals surface area contributed by atoms with Crippen molar-refractivity contribution in [1.29, 1.82) is 0 Å². The zero-order chi connectivity index (χ0) is 15.4. The van der Waals surface area contributed by atoms with Gasteiger partial charge in [-0.1, -0.05) is 6.92 Å². The minimum Gasteiger partial charge on any atom is -0.372 e. The molecule has 1 aromatic rings. The van der Waals surface area contributed by atoms with Gasteiger partial charge in [0.25, 0.3) is 5.91 Å². The van der Waals surface area contributed by atoms with E-state index in [4.69, 9.17) is 4.74 Å². The number of carbonyl (C=O) groups excluding carboxylic acids is 2. The highest BCUT2D eigenvalue weighted by molar-refractivity contribution is 5.98. The Bertz CT molecular complexity index is 542. The van der Waals surface area contributed by atoms with Crippen LogP contribution in [0.5, 0.6) is 0 Å². The van der Waals surface area contributed by atoms with Crippen molar-refractivity contribution < 1.29 is 14.3 Å². The third kappa shape index (κ3) is 3.42. The minimum atomic E-state index is -0.487. The van der Waals surface area contributed by atoms with Crippen molar-refractivity contribution in [3.63, 3.8) is 0 Å². The Morgan fingerprint density at radius 1 is 1.43 bits per heavy atom. The summed E-state index contributed by atoms with van der Waals surface area (Å²) in [5.74, 6) is 0.00360. The summed E-state index contributed by atoms with van der Waals surface area (Å²) in [5.41, 5.74) is 2.81. The number of methoxy groups -OCH3 is 1. The molecule has 0 fully saturated rings. The first-order valence-electron chi connectivity index (χ1n) is 7.33. The van der Waals surface area contributed by atoms with Gasteiger partial charge in [0.05, 0.1) is 0 Å². The van der Waals surface area contributed by atoms with E-state index in [1.807, 2.05) is 23.1 Å². The standard InChI is InChI=1S/C16H22N2O3/c1-4-9-18-14-7-6-13(17-16(20)11(2)21-3)10-12(14)5-8-15(18)19/h6-7,10-11H,4-5,8-9H2,1-3H3,(H,17,20). The van der Waals surface area contributed by atoms with E-state index in [2.05, 4.69) is 12.2 Å². The number of anilines is 2. The largest absolute Gasteiger partial charge is 0.372 e. The number of ether oxygens (including phenoxy) is 1. The molecule has 5 heteroatoms. The van der Waals surface area contributed by atoms with Crippen LogP contribution in [0, 0.1) is 0 Å². The lowest BCUT2D eigenvalue weighted by atomic mass is 10.00. The number of amides is 2. The molecule has 2 amide bonds. The SMILES string of the molecule is CCCN1C(=O)CCc2cc(NC(=O)C(C)OC)ccc21. The van der Waals surface area contributed by atoms with Crippen LogP contribution >= 0.6 is 0 Å². The lowest BCUT2D eigenvalue weighted by Crippen LogP contribution is -2.35. The average Bonchev–Trinajstić information content (AvgIpc) is 2.49. The Kier molecular flexibility index (Phi) is 4.96. The van der Waals surface area contributed by atoms with Crippen LogP contribution in [0.3, 0.4) is 0 Å². The monoisotopic (exact) mass is 290 g/mol. The van der Waals surface area contributed by atoms with Gasteiger partial charge in [-0.15, -0.1) is 0 Å². The second-order valence-electron chi connectivity index (χ2n) is 5.26. The number of hydrogen-bond donors (Lipinski definition) is 1. The maximum absolute atomic E-state index is 12.0. The average molecular weight is 290 g/mol. The molecule has 2 rings (SSSR count). The van der Waals surface area contributed by atoms with E-state index >= 15 is 0 Å². The molecule has 1 N–H and O–H groups in total. The molecule has 1 aromatic carbocycles.